The van der Waals surface area contributed by atoms with E-state index >= 15 is 0 Å². The largest absolute Gasteiger partial charge is 0.493 e. The molecule has 2 unspecified atom stereocenters. The van der Waals surface area contributed by atoms with E-state index in [4.69, 9.17) is 9.47 Å². The zero-order valence-corrected chi connectivity index (χ0v) is 13.8. The molecule has 0 amide bonds. The number of hydrogen-bond donors (Lipinski definition) is 1. The number of aliphatic hydroxyl groups excluding tert-OH is 1. The molecule has 2 aliphatic carbocycles. The Balaban J connectivity index is 1.67. The fourth-order valence-corrected chi connectivity index (χ4v) is 4.39. The second-order valence-corrected chi connectivity index (χ2v) is 6.84. The third-order valence-corrected chi connectivity index (χ3v) is 5.49. The maximum Gasteiger partial charge on any atom is 0.165 e. The molecule has 0 aliphatic heterocycles. The van der Waals surface area contributed by atoms with E-state index in [2.05, 4.69) is 18.0 Å². The Bertz CT molecular complexity index is 505. The van der Waals surface area contributed by atoms with Crippen LogP contribution in [0.4, 0.5) is 0 Å². The number of benzene rings is 1. The van der Waals surface area contributed by atoms with Gasteiger partial charge in [-0.25, -0.2) is 0 Å². The SMILES string of the molecule is COc1cccc(CN(C)C2C[C@H]3CC(O)C[C@H]3C2)c1OC. The van der Waals surface area contributed by atoms with Crippen LogP contribution in [0.2, 0.25) is 0 Å². The topological polar surface area (TPSA) is 41.9 Å². The summed E-state index contributed by atoms with van der Waals surface area (Å²) in [6, 6.07) is 6.67. The number of rotatable bonds is 5. The molecule has 0 spiro atoms. The van der Waals surface area contributed by atoms with Gasteiger partial charge in [0.25, 0.3) is 0 Å². The zero-order valence-electron chi connectivity index (χ0n) is 13.8. The zero-order chi connectivity index (χ0) is 15.7. The fraction of sp³-hybridized carbons (Fsp3) is 0.667. The Morgan fingerprint density at radius 3 is 2.36 bits per heavy atom. The van der Waals surface area contributed by atoms with Crippen molar-refractivity contribution in [1.29, 1.82) is 0 Å². The maximum atomic E-state index is 9.78. The molecular weight excluding hydrogens is 278 g/mol. The second kappa shape index (κ2) is 6.47. The average Bonchev–Trinajstić information content (AvgIpc) is 3.04. The maximum absolute atomic E-state index is 9.78. The predicted molar refractivity (Wildman–Crippen MR) is 86.3 cm³/mol. The third kappa shape index (κ3) is 2.95. The van der Waals surface area contributed by atoms with E-state index in [0.29, 0.717) is 6.04 Å². The Kier molecular flexibility index (Phi) is 4.59. The Hall–Kier alpha value is -1.26. The van der Waals surface area contributed by atoms with E-state index in [-0.39, 0.29) is 6.10 Å². The molecule has 0 radical (unpaired) electrons. The van der Waals surface area contributed by atoms with Crippen molar-refractivity contribution in [2.24, 2.45) is 11.8 Å². The molecule has 122 valence electrons. The van der Waals surface area contributed by atoms with Gasteiger partial charge in [0.2, 0.25) is 0 Å². The van der Waals surface area contributed by atoms with Crippen LogP contribution in [0.5, 0.6) is 11.5 Å². The first kappa shape index (κ1) is 15.6. The van der Waals surface area contributed by atoms with E-state index in [9.17, 15) is 5.11 Å². The molecule has 0 saturated heterocycles. The molecule has 2 aliphatic rings. The van der Waals surface area contributed by atoms with Crippen LogP contribution in [-0.4, -0.2) is 43.4 Å². The van der Waals surface area contributed by atoms with Gasteiger partial charge in [0.15, 0.2) is 11.5 Å². The number of nitrogens with zero attached hydrogens (tertiary/aromatic N) is 1. The molecule has 0 heterocycles. The van der Waals surface area contributed by atoms with Crippen molar-refractivity contribution in [3.05, 3.63) is 23.8 Å². The summed E-state index contributed by atoms with van der Waals surface area (Å²) in [5, 5.41) is 9.78. The number of ether oxygens (including phenoxy) is 2. The predicted octanol–water partition coefficient (Wildman–Crippen LogP) is 2.69. The summed E-state index contributed by atoms with van der Waals surface area (Å²) >= 11 is 0. The van der Waals surface area contributed by atoms with Crippen LogP contribution in [0, 0.1) is 11.8 Å². The summed E-state index contributed by atoms with van der Waals surface area (Å²) in [5.74, 6) is 3.06. The van der Waals surface area contributed by atoms with Crippen LogP contribution in [0.3, 0.4) is 0 Å². The van der Waals surface area contributed by atoms with Gasteiger partial charge in [-0.3, -0.25) is 4.90 Å². The normalized spacial score (nSPS) is 30.6. The molecule has 22 heavy (non-hydrogen) atoms. The van der Waals surface area contributed by atoms with Gasteiger partial charge in [0.05, 0.1) is 20.3 Å². The van der Waals surface area contributed by atoms with Crippen LogP contribution in [0.15, 0.2) is 18.2 Å². The van der Waals surface area contributed by atoms with Crippen LogP contribution in [0.1, 0.15) is 31.2 Å². The van der Waals surface area contributed by atoms with Gasteiger partial charge in [-0.15, -0.1) is 0 Å². The van der Waals surface area contributed by atoms with Crippen molar-refractivity contribution in [3.63, 3.8) is 0 Å². The van der Waals surface area contributed by atoms with E-state index in [1.165, 1.54) is 18.4 Å². The van der Waals surface area contributed by atoms with Gasteiger partial charge in [-0.1, -0.05) is 12.1 Å². The van der Waals surface area contributed by atoms with E-state index in [0.717, 1.165) is 42.7 Å². The summed E-state index contributed by atoms with van der Waals surface area (Å²) < 4.78 is 10.9. The highest BCUT2D eigenvalue weighted by Crippen LogP contribution is 2.45. The van der Waals surface area contributed by atoms with Gasteiger partial charge in [0.1, 0.15) is 0 Å². The molecule has 4 heteroatoms. The van der Waals surface area contributed by atoms with Crippen LogP contribution in [0.25, 0.3) is 0 Å². The second-order valence-electron chi connectivity index (χ2n) is 6.84. The van der Waals surface area contributed by atoms with E-state index < -0.39 is 0 Å². The molecule has 0 bridgehead atoms. The van der Waals surface area contributed by atoms with E-state index in [1.54, 1.807) is 14.2 Å². The van der Waals surface area contributed by atoms with Crippen LogP contribution in [-0.2, 0) is 6.54 Å². The minimum Gasteiger partial charge on any atom is -0.493 e. The lowest BCUT2D eigenvalue weighted by molar-refractivity contribution is 0.157. The number of aliphatic hydroxyl groups is 1. The van der Waals surface area contributed by atoms with Gasteiger partial charge in [-0.2, -0.15) is 0 Å². The lowest BCUT2D eigenvalue weighted by atomic mass is 10.0. The lowest BCUT2D eigenvalue weighted by Gasteiger charge is -2.26. The standard InChI is InChI=1S/C18H27NO3/c1-19(15-7-13-9-16(20)10-14(13)8-15)11-12-5-4-6-17(21-2)18(12)22-3/h4-6,13-16,20H,7-11H2,1-3H3/t13-,14+,15?,16?. The number of para-hydroxylation sites is 1. The summed E-state index contributed by atoms with van der Waals surface area (Å²) in [6.07, 6.45) is 4.36. The van der Waals surface area contributed by atoms with Crippen LogP contribution < -0.4 is 9.47 Å². The smallest absolute Gasteiger partial charge is 0.165 e. The summed E-state index contributed by atoms with van der Waals surface area (Å²) in [5.41, 5.74) is 1.17. The first-order chi connectivity index (χ1) is 10.6. The first-order valence-electron chi connectivity index (χ1n) is 8.20. The molecular formula is C18H27NO3. The third-order valence-electron chi connectivity index (χ3n) is 5.49. The molecule has 1 aromatic carbocycles. The van der Waals surface area contributed by atoms with E-state index in [1.807, 2.05) is 12.1 Å². The summed E-state index contributed by atoms with van der Waals surface area (Å²) in [6.45, 7) is 0.868. The molecule has 4 nitrogen and oxygen atoms in total. The minimum atomic E-state index is -0.0558. The highest BCUT2D eigenvalue weighted by atomic mass is 16.5. The molecule has 1 aromatic rings. The number of fused-ring (bicyclic) bond motifs is 1. The van der Waals surface area contributed by atoms with Gasteiger partial charge in [-0.05, 0) is 50.6 Å². The average molecular weight is 305 g/mol. The van der Waals surface area contributed by atoms with Crippen molar-refractivity contribution >= 4 is 0 Å². The quantitative estimate of drug-likeness (QED) is 0.908. The Morgan fingerprint density at radius 1 is 1.09 bits per heavy atom. The minimum absolute atomic E-state index is 0.0558. The van der Waals surface area contributed by atoms with Crippen molar-refractivity contribution in [2.45, 2.75) is 44.4 Å². The van der Waals surface area contributed by atoms with Gasteiger partial charge >= 0.3 is 0 Å². The van der Waals surface area contributed by atoms with Crippen LogP contribution >= 0.6 is 0 Å². The molecule has 0 aromatic heterocycles. The monoisotopic (exact) mass is 305 g/mol. The van der Waals surface area contributed by atoms with Crippen molar-refractivity contribution in [2.75, 3.05) is 21.3 Å². The molecule has 2 fully saturated rings. The molecule has 1 N–H and O–H groups in total. The summed E-state index contributed by atoms with van der Waals surface area (Å²) in [4.78, 5) is 2.43. The van der Waals surface area contributed by atoms with Crippen molar-refractivity contribution in [3.8, 4) is 11.5 Å². The molecule has 3 rings (SSSR count). The van der Waals surface area contributed by atoms with Crippen molar-refractivity contribution in [1.82, 2.24) is 4.90 Å². The number of methoxy groups -OCH3 is 2. The Labute approximate surface area is 133 Å². The van der Waals surface area contributed by atoms with Gasteiger partial charge in [0, 0.05) is 18.2 Å². The highest BCUT2D eigenvalue weighted by molar-refractivity contribution is 5.46. The first-order valence-corrected chi connectivity index (χ1v) is 8.20. The molecule has 4 atom stereocenters. The Morgan fingerprint density at radius 2 is 1.77 bits per heavy atom. The van der Waals surface area contributed by atoms with Gasteiger partial charge < -0.3 is 14.6 Å². The fourth-order valence-electron chi connectivity index (χ4n) is 4.39. The number of hydrogen-bond acceptors (Lipinski definition) is 4. The lowest BCUT2D eigenvalue weighted by Crippen LogP contribution is -2.30. The highest BCUT2D eigenvalue weighted by Gasteiger charge is 2.42. The summed E-state index contributed by atoms with van der Waals surface area (Å²) in [7, 11) is 5.57. The molecule has 2 saturated carbocycles. The van der Waals surface area contributed by atoms with Crippen molar-refractivity contribution < 1.29 is 14.6 Å².